The summed E-state index contributed by atoms with van der Waals surface area (Å²) in [5.74, 6) is 0.210. The van der Waals surface area contributed by atoms with E-state index in [9.17, 15) is 18.5 Å². The molecule has 122 valence electrons. The number of anilines is 1. The molecule has 2 rings (SSSR count). The molecule has 0 unspecified atom stereocenters. The van der Waals surface area contributed by atoms with Crippen molar-refractivity contribution < 1.29 is 18.1 Å². The van der Waals surface area contributed by atoms with E-state index >= 15 is 0 Å². The number of benzene rings is 2. The van der Waals surface area contributed by atoms with Gasteiger partial charge < -0.3 is 4.74 Å². The third-order valence-corrected chi connectivity index (χ3v) is 4.55. The smallest absolute Gasteiger partial charge is 0.293 e. The van der Waals surface area contributed by atoms with Gasteiger partial charge in [-0.1, -0.05) is 6.07 Å². The minimum absolute atomic E-state index is 0.210. The fourth-order valence-electron chi connectivity index (χ4n) is 2.24. The van der Waals surface area contributed by atoms with Gasteiger partial charge >= 0.3 is 0 Å². The van der Waals surface area contributed by atoms with Gasteiger partial charge in [-0.3, -0.25) is 14.8 Å². The Labute approximate surface area is 134 Å². The molecule has 0 aromatic heterocycles. The van der Waals surface area contributed by atoms with Crippen molar-refractivity contribution in [1.29, 1.82) is 0 Å². The van der Waals surface area contributed by atoms with Crippen LogP contribution in [0.5, 0.6) is 5.75 Å². The van der Waals surface area contributed by atoms with Gasteiger partial charge in [-0.25, -0.2) is 8.42 Å². The molecule has 0 amide bonds. The first-order chi connectivity index (χ1) is 10.7. The van der Waals surface area contributed by atoms with E-state index in [0.717, 1.165) is 23.3 Å². The summed E-state index contributed by atoms with van der Waals surface area (Å²) in [6.07, 6.45) is 0. The molecule has 0 heterocycles. The summed E-state index contributed by atoms with van der Waals surface area (Å²) in [5.41, 5.74) is 1.58. The van der Waals surface area contributed by atoms with E-state index in [-0.39, 0.29) is 5.75 Å². The molecule has 0 saturated heterocycles. The Kier molecular flexibility index (Phi) is 4.55. The van der Waals surface area contributed by atoms with E-state index in [1.165, 1.54) is 13.2 Å². The molecule has 0 radical (unpaired) electrons. The molecule has 0 fully saturated rings. The fourth-order valence-corrected chi connectivity index (χ4v) is 3.43. The average Bonchev–Trinajstić information content (AvgIpc) is 2.44. The topological polar surface area (TPSA) is 98.5 Å². The van der Waals surface area contributed by atoms with Crippen molar-refractivity contribution >= 4 is 21.4 Å². The lowest BCUT2D eigenvalue weighted by Crippen LogP contribution is -2.15. The number of nitro benzene ring substituents is 1. The predicted octanol–water partition coefficient (Wildman–Crippen LogP) is 3.02. The largest absolute Gasteiger partial charge is 0.497 e. The summed E-state index contributed by atoms with van der Waals surface area (Å²) >= 11 is 0. The Hall–Kier alpha value is -2.61. The minimum atomic E-state index is -4.09. The van der Waals surface area contributed by atoms with Gasteiger partial charge in [0, 0.05) is 5.69 Å². The molecular formula is C15H16N2O5S. The zero-order chi connectivity index (χ0) is 17.2. The van der Waals surface area contributed by atoms with E-state index in [1.54, 1.807) is 12.1 Å². The number of methoxy groups -OCH3 is 1. The number of sulfonamides is 1. The van der Waals surface area contributed by atoms with E-state index in [2.05, 4.69) is 4.72 Å². The molecular weight excluding hydrogens is 320 g/mol. The van der Waals surface area contributed by atoms with Crippen molar-refractivity contribution in [2.24, 2.45) is 0 Å². The van der Waals surface area contributed by atoms with Crippen LogP contribution in [0.1, 0.15) is 11.1 Å². The molecule has 0 atom stereocenters. The lowest BCUT2D eigenvalue weighted by Gasteiger charge is -2.11. The third kappa shape index (κ3) is 3.78. The maximum absolute atomic E-state index is 12.5. The summed E-state index contributed by atoms with van der Waals surface area (Å²) in [7, 11) is -2.75. The highest BCUT2D eigenvalue weighted by Crippen LogP contribution is 2.30. The summed E-state index contributed by atoms with van der Waals surface area (Å²) < 4.78 is 32.3. The van der Waals surface area contributed by atoms with Crippen LogP contribution in [0.15, 0.2) is 41.3 Å². The second-order valence-electron chi connectivity index (χ2n) is 5.07. The van der Waals surface area contributed by atoms with Crippen LogP contribution in [0.2, 0.25) is 0 Å². The standard InChI is InChI=1S/C15H16N2O5S/c1-10-6-11(2)8-12(7-10)16-23(20,21)15-5-4-13(22-3)9-14(15)17(18)19/h4-9,16H,1-3H3. The highest BCUT2D eigenvalue weighted by molar-refractivity contribution is 7.92. The van der Waals surface area contributed by atoms with Crippen LogP contribution in [0, 0.1) is 24.0 Å². The van der Waals surface area contributed by atoms with Crippen molar-refractivity contribution in [2.75, 3.05) is 11.8 Å². The maximum Gasteiger partial charge on any atom is 0.293 e. The molecule has 7 nitrogen and oxygen atoms in total. The van der Waals surface area contributed by atoms with Gasteiger partial charge in [0.15, 0.2) is 4.90 Å². The summed E-state index contributed by atoms with van der Waals surface area (Å²) in [5, 5.41) is 11.2. The number of nitrogens with one attached hydrogen (secondary N) is 1. The van der Waals surface area contributed by atoms with Crippen molar-refractivity contribution in [3.8, 4) is 5.75 Å². The van der Waals surface area contributed by atoms with E-state index < -0.39 is 25.5 Å². The van der Waals surface area contributed by atoms with Crippen LogP contribution in [0.3, 0.4) is 0 Å². The van der Waals surface area contributed by atoms with Crippen LogP contribution in [0.4, 0.5) is 11.4 Å². The van der Waals surface area contributed by atoms with Crippen LogP contribution >= 0.6 is 0 Å². The molecule has 0 saturated carbocycles. The molecule has 2 aromatic carbocycles. The predicted molar refractivity (Wildman–Crippen MR) is 86.4 cm³/mol. The van der Waals surface area contributed by atoms with Gasteiger partial charge in [0.05, 0.1) is 18.1 Å². The van der Waals surface area contributed by atoms with Crippen LogP contribution in [-0.4, -0.2) is 20.5 Å². The maximum atomic E-state index is 12.5. The quantitative estimate of drug-likeness (QED) is 0.668. The average molecular weight is 336 g/mol. The molecule has 0 aliphatic heterocycles. The molecule has 0 aliphatic carbocycles. The molecule has 0 aliphatic rings. The summed E-state index contributed by atoms with van der Waals surface area (Å²) in [4.78, 5) is 9.99. The second kappa shape index (κ2) is 6.25. The Morgan fingerprint density at radius 3 is 2.22 bits per heavy atom. The number of aryl methyl sites for hydroxylation is 2. The van der Waals surface area contributed by atoms with Gasteiger partial charge in [-0.05, 0) is 49.2 Å². The number of hydrogen-bond donors (Lipinski definition) is 1. The molecule has 2 aromatic rings. The minimum Gasteiger partial charge on any atom is -0.497 e. The van der Waals surface area contributed by atoms with Crippen molar-refractivity contribution in [3.05, 3.63) is 57.6 Å². The lowest BCUT2D eigenvalue weighted by molar-refractivity contribution is -0.387. The highest BCUT2D eigenvalue weighted by Gasteiger charge is 2.26. The van der Waals surface area contributed by atoms with Crippen molar-refractivity contribution in [3.63, 3.8) is 0 Å². The van der Waals surface area contributed by atoms with E-state index in [0.29, 0.717) is 5.69 Å². The van der Waals surface area contributed by atoms with E-state index in [4.69, 9.17) is 4.74 Å². The number of hydrogen-bond acceptors (Lipinski definition) is 5. The van der Waals surface area contributed by atoms with Gasteiger partial charge in [0.25, 0.3) is 15.7 Å². The first-order valence-corrected chi connectivity index (χ1v) is 8.15. The Balaban J connectivity index is 2.49. The first kappa shape index (κ1) is 16.8. The zero-order valence-electron chi connectivity index (χ0n) is 12.9. The van der Waals surface area contributed by atoms with Gasteiger partial charge in [0.1, 0.15) is 5.75 Å². The fraction of sp³-hybridized carbons (Fsp3) is 0.200. The van der Waals surface area contributed by atoms with Crippen LogP contribution < -0.4 is 9.46 Å². The van der Waals surface area contributed by atoms with E-state index in [1.807, 2.05) is 19.9 Å². The van der Waals surface area contributed by atoms with Crippen LogP contribution in [-0.2, 0) is 10.0 Å². The first-order valence-electron chi connectivity index (χ1n) is 6.66. The Morgan fingerprint density at radius 2 is 1.70 bits per heavy atom. The van der Waals surface area contributed by atoms with Crippen LogP contribution in [0.25, 0.3) is 0 Å². The SMILES string of the molecule is COc1ccc(S(=O)(=O)Nc2cc(C)cc(C)c2)c([N+](=O)[O-])c1. The number of ether oxygens (including phenoxy) is 1. The number of rotatable bonds is 5. The molecule has 8 heteroatoms. The lowest BCUT2D eigenvalue weighted by atomic mass is 10.1. The second-order valence-corrected chi connectivity index (χ2v) is 6.72. The van der Waals surface area contributed by atoms with Crippen molar-refractivity contribution in [2.45, 2.75) is 18.7 Å². The molecule has 1 N–H and O–H groups in total. The highest BCUT2D eigenvalue weighted by atomic mass is 32.2. The summed E-state index contributed by atoms with van der Waals surface area (Å²) in [6, 6.07) is 8.80. The zero-order valence-corrected chi connectivity index (χ0v) is 13.7. The van der Waals surface area contributed by atoms with Gasteiger partial charge in [-0.2, -0.15) is 0 Å². The van der Waals surface area contributed by atoms with Crippen molar-refractivity contribution in [1.82, 2.24) is 0 Å². The Bertz CT molecular complexity index is 842. The number of nitro groups is 1. The number of nitrogens with zero attached hydrogens (tertiary/aromatic N) is 1. The monoisotopic (exact) mass is 336 g/mol. The molecule has 0 spiro atoms. The van der Waals surface area contributed by atoms with Gasteiger partial charge in [0.2, 0.25) is 0 Å². The molecule has 0 bridgehead atoms. The third-order valence-electron chi connectivity index (χ3n) is 3.13. The summed E-state index contributed by atoms with van der Waals surface area (Å²) in [6.45, 7) is 3.67. The van der Waals surface area contributed by atoms with Gasteiger partial charge in [-0.15, -0.1) is 0 Å². The normalized spacial score (nSPS) is 11.1. The molecule has 23 heavy (non-hydrogen) atoms. The Morgan fingerprint density at radius 1 is 1.09 bits per heavy atom.